The number of nitrogens with one attached hydrogen (secondary N) is 1. The monoisotopic (exact) mass is 218 g/mol. The van der Waals surface area contributed by atoms with Crippen molar-refractivity contribution in [2.75, 3.05) is 11.1 Å². The minimum Gasteiger partial charge on any atom is -0.397 e. The minimum atomic E-state index is -0.365. The third-order valence-electron chi connectivity index (χ3n) is 1.88. The van der Waals surface area contributed by atoms with Crippen molar-refractivity contribution < 1.29 is 9.32 Å². The summed E-state index contributed by atoms with van der Waals surface area (Å²) in [5, 5.41) is 6.17. The molecule has 16 heavy (non-hydrogen) atoms. The van der Waals surface area contributed by atoms with Gasteiger partial charge in [0.1, 0.15) is 5.69 Å². The Hall–Kier alpha value is -2.37. The van der Waals surface area contributed by atoms with Crippen LogP contribution in [0, 0.1) is 6.92 Å². The molecule has 0 aromatic carbocycles. The molecule has 82 valence electrons. The Labute approximate surface area is 91.5 Å². The Morgan fingerprint density at radius 3 is 2.88 bits per heavy atom. The maximum atomic E-state index is 11.6. The summed E-state index contributed by atoms with van der Waals surface area (Å²) in [7, 11) is 0. The first-order valence-corrected chi connectivity index (χ1v) is 4.61. The third kappa shape index (κ3) is 2.17. The Bertz CT molecular complexity index is 504. The van der Waals surface area contributed by atoms with Crippen LogP contribution in [0.5, 0.6) is 0 Å². The second kappa shape index (κ2) is 4.01. The maximum Gasteiger partial charge on any atom is 0.276 e. The van der Waals surface area contributed by atoms with Gasteiger partial charge in [0.2, 0.25) is 5.88 Å². The van der Waals surface area contributed by atoms with Crippen LogP contribution in [0.1, 0.15) is 16.2 Å². The van der Waals surface area contributed by atoms with Crippen LogP contribution >= 0.6 is 0 Å². The number of carbonyl (C=O) groups is 1. The molecular formula is C10H10N4O2. The highest BCUT2D eigenvalue weighted by atomic mass is 16.5. The Balaban J connectivity index is 2.11. The number of carbonyl (C=O) groups excluding carboxylic acids is 1. The zero-order valence-corrected chi connectivity index (χ0v) is 8.60. The van der Waals surface area contributed by atoms with Crippen LogP contribution in [-0.2, 0) is 0 Å². The van der Waals surface area contributed by atoms with Gasteiger partial charge in [0.15, 0.2) is 0 Å². The number of nitrogens with two attached hydrogens (primary N) is 1. The SMILES string of the molecule is Cc1cc(NC(=O)c2ccc(N)cn2)on1. The van der Waals surface area contributed by atoms with Crippen molar-refractivity contribution in [1.82, 2.24) is 10.1 Å². The molecule has 0 aliphatic rings. The van der Waals surface area contributed by atoms with E-state index in [1.807, 2.05) is 0 Å². The first-order chi connectivity index (χ1) is 7.65. The molecule has 0 saturated heterocycles. The quantitative estimate of drug-likeness (QED) is 0.790. The lowest BCUT2D eigenvalue weighted by molar-refractivity contribution is 0.101. The molecule has 6 heteroatoms. The number of aromatic nitrogens is 2. The largest absolute Gasteiger partial charge is 0.397 e. The predicted molar refractivity (Wildman–Crippen MR) is 57.8 cm³/mol. The summed E-state index contributed by atoms with van der Waals surface area (Å²) in [4.78, 5) is 15.5. The molecule has 0 aliphatic carbocycles. The van der Waals surface area contributed by atoms with Crippen LogP contribution in [0.3, 0.4) is 0 Å². The summed E-state index contributed by atoms with van der Waals surface area (Å²) >= 11 is 0. The van der Waals surface area contributed by atoms with Crippen LogP contribution in [0.4, 0.5) is 11.6 Å². The van der Waals surface area contributed by atoms with Gasteiger partial charge in [-0.1, -0.05) is 5.16 Å². The van der Waals surface area contributed by atoms with Crippen molar-refractivity contribution in [3.63, 3.8) is 0 Å². The van der Waals surface area contributed by atoms with Crippen molar-refractivity contribution in [2.24, 2.45) is 0 Å². The molecule has 2 aromatic heterocycles. The van der Waals surface area contributed by atoms with E-state index < -0.39 is 0 Å². The lowest BCUT2D eigenvalue weighted by Crippen LogP contribution is -2.13. The molecule has 0 atom stereocenters. The van der Waals surface area contributed by atoms with Crippen molar-refractivity contribution in [1.29, 1.82) is 0 Å². The molecular weight excluding hydrogens is 208 g/mol. The van der Waals surface area contributed by atoms with E-state index >= 15 is 0 Å². The van der Waals surface area contributed by atoms with Gasteiger partial charge in [-0.05, 0) is 19.1 Å². The Morgan fingerprint density at radius 1 is 1.50 bits per heavy atom. The smallest absolute Gasteiger partial charge is 0.276 e. The van der Waals surface area contributed by atoms with Crippen molar-refractivity contribution in [3.8, 4) is 0 Å². The molecule has 3 N–H and O–H groups in total. The summed E-state index contributed by atoms with van der Waals surface area (Å²) in [5.41, 5.74) is 6.93. The van der Waals surface area contributed by atoms with Gasteiger partial charge in [0.25, 0.3) is 5.91 Å². The number of hydrogen-bond donors (Lipinski definition) is 2. The molecule has 0 unspecified atom stereocenters. The van der Waals surface area contributed by atoms with E-state index in [-0.39, 0.29) is 11.6 Å². The fourth-order valence-electron chi connectivity index (χ4n) is 1.14. The molecule has 2 rings (SSSR count). The molecule has 2 aromatic rings. The third-order valence-corrected chi connectivity index (χ3v) is 1.88. The number of rotatable bonds is 2. The molecule has 0 fully saturated rings. The molecule has 0 spiro atoms. The first-order valence-electron chi connectivity index (χ1n) is 4.61. The topological polar surface area (TPSA) is 94.0 Å². The molecule has 0 bridgehead atoms. The maximum absolute atomic E-state index is 11.6. The molecule has 0 aliphatic heterocycles. The van der Waals surface area contributed by atoms with E-state index in [1.54, 1.807) is 19.1 Å². The van der Waals surface area contributed by atoms with Gasteiger partial charge in [0.05, 0.1) is 17.6 Å². The van der Waals surface area contributed by atoms with Gasteiger partial charge in [-0.3, -0.25) is 10.1 Å². The zero-order valence-electron chi connectivity index (χ0n) is 8.60. The van der Waals surface area contributed by atoms with E-state index in [1.165, 1.54) is 12.3 Å². The normalized spacial score (nSPS) is 10.1. The second-order valence-corrected chi connectivity index (χ2v) is 3.26. The number of pyridine rings is 1. The number of hydrogen-bond acceptors (Lipinski definition) is 5. The molecule has 1 amide bonds. The average Bonchev–Trinajstić information content (AvgIpc) is 2.65. The lowest BCUT2D eigenvalue weighted by atomic mass is 10.3. The van der Waals surface area contributed by atoms with Crippen LogP contribution in [-0.4, -0.2) is 16.0 Å². The van der Waals surface area contributed by atoms with E-state index in [2.05, 4.69) is 15.5 Å². The van der Waals surface area contributed by atoms with E-state index in [4.69, 9.17) is 10.3 Å². The van der Waals surface area contributed by atoms with E-state index in [0.717, 1.165) is 0 Å². The summed E-state index contributed by atoms with van der Waals surface area (Å²) in [6.45, 7) is 1.76. The van der Waals surface area contributed by atoms with E-state index in [9.17, 15) is 4.79 Å². The molecule has 0 saturated carbocycles. The fraction of sp³-hybridized carbons (Fsp3) is 0.100. The Kier molecular flexibility index (Phi) is 2.55. The predicted octanol–water partition coefficient (Wildman–Crippen LogP) is 1.21. The molecule has 2 heterocycles. The van der Waals surface area contributed by atoms with Gasteiger partial charge in [-0.2, -0.15) is 0 Å². The lowest BCUT2D eigenvalue weighted by Gasteiger charge is -2.00. The summed E-state index contributed by atoms with van der Waals surface area (Å²) < 4.78 is 4.85. The average molecular weight is 218 g/mol. The highest BCUT2D eigenvalue weighted by Gasteiger charge is 2.09. The summed E-state index contributed by atoms with van der Waals surface area (Å²) in [6.07, 6.45) is 1.42. The van der Waals surface area contributed by atoms with Crippen LogP contribution in [0.25, 0.3) is 0 Å². The number of amides is 1. The summed E-state index contributed by atoms with van der Waals surface area (Å²) in [5.74, 6) is -0.0720. The highest BCUT2D eigenvalue weighted by molar-refractivity contribution is 6.02. The van der Waals surface area contributed by atoms with Crippen LogP contribution in [0.15, 0.2) is 28.9 Å². The Morgan fingerprint density at radius 2 is 2.31 bits per heavy atom. The standard InChI is InChI=1S/C10H10N4O2/c1-6-4-9(16-14-6)13-10(15)8-3-2-7(11)5-12-8/h2-5H,11H2,1H3,(H,13,15). The van der Waals surface area contributed by atoms with Gasteiger partial charge in [0, 0.05) is 6.07 Å². The van der Waals surface area contributed by atoms with E-state index in [0.29, 0.717) is 17.3 Å². The van der Waals surface area contributed by atoms with Gasteiger partial charge >= 0.3 is 0 Å². The minimum absolute atomic E-state index is 0.267. The number of nitrogens with zero attached hydrogens (tertiary/aromatic N) is 2. The second-order valence-electron chi connectivity index (χ2n) is 3.26. The van der Waals surface area contributed by atoms with Crippen molar-refractivity contribution >= 4 is 17.5 Å². The zero-order chi connectivity index (χ0) is 11.5. The van der Waals surface area contributed by atoms with Crippen LogP contribution in [0.2, 0.25) is 0 Å². The number of aryl methyl sites for hydroxylation is 1. The van der Waals surface area contributed by atoms with Gasteiger partial charge in [-0.15, -0.1) is 0 Å². The first kappa shape index (κ1) is 10.2. The molecule has 0 radical (unpaired) electrons. The van der Waals surface area contributed by atoms with Gasteiger partial charge in [-0.25, -0.2) is 4.98 Å². The highest BCUT2D eigenvalue weighted by Crippen LogP contribution is 2.10. The number of anilines is 2. The molecule has 6 nitrogen and oxygen atoms in total. The van der Waals surface area contributed by atoms with Crippen LogP contribution < -0.4 is 11.1 Å². The van der Waals surface area contributed by atoms with Crippen molar-refractivity contribution in [2.45, 2.75) is 6.92 Å². The van der Waals surface area contributed by atoms with Crippen molar-refractivity contribution in [3.05, 3.63) is 35.8 Å². The number of nitrogen functional groups attached to an aromatic ring is 1. The summed E-state index contributed by atoms with van der Waals surface area (Å²) in [6, 6.07) is 4.76. The fourth-order valence-corrected chi connectivity index (χ4v) is 1.14. The van der Waals surface area contributed by atoms with Gasteiger partial charge < -0.3 is 10.3 Å².